The summed E-state index contributed by atoms with van der Waals surface area (Å²) in [4.78, 5) is 23.6. The summed E-state index contributed by atoms with van der Waals surface area (Å²) in [7, 11) is 1.65. The molecular weight excluding hydrogens is 426 g/mol. The summed E-state index contributed by atoms with van der Waals surface area (Å²) in [6.07, 6.45) is 3.79. The van der Waals surface area contributed by atoms with Gasteiger partial charge in [0.25, 0.3) is 0 Å². The van der Waals surface area contributed by atoms with Crippen molar-refractivity contribution in [3.8, 4) is 5.75 Å². The highest BCUT2D eigenvalue weighted by Crippen LogP contribution is 2.21. The minimum Gasteiger partial charge on any atom is -0.497 e. The molecule has 0 aliphatic carbocycles. The first-order valence-electron chi connectivity index (χ1n) is 10.6. The van der Waals surface area contributed by atoms with Gasteiger partial charge in [-0.15, -0.1) is 0 Å². The van der Waals surface area contributed by atoms with Crippen LogP contribution in [0.4, 0.5) is 17.5 Å². The SMILES string of the molecule is COc1ccc(Nc2ccnc(N3CCC(NC(=O)Cc4cccc(Cl)c4)CC3)n2)cc1. The summed E-state index contributed by atoms with van der Waals surface area (Å²) in [6, 6.07) is 17.1. The monoisotopic (exact) mass is 451 g/mol. The third kappa shape index (κ3) is 5.88. The van der Waals surface area contributed by atoms with E-state index in [-0.39, 0.29) is 11.9 Å². The highest BCUT2D eigenvalue weighted by atomic mass is 35.5. The predicted octanol–water partition coefficient (Wildman–Crippen LogP) is 4.21. The lowest BCUT2D eigenvalue weighted by Gasteiger charge is -2.32. The van der Waals surface area contributed by atoms with Crippen LogP contribution < -0.4 is 20.3 Å². The van der Waals surface area contributed by atoms with Crippen LogP contribution in [0.25, 0.3) is 0 Å². The van der Waals surface area contributed by atoms with Gasteiger partial charge in [-0.1, -0.05) is 23.7 Å². The van der Waals surface area contributed by atoms with E-state index in [1.54, 1.807) is 13.3 Å². The van der Waals surface area contributed by atoms with Crippen molar-refractivity contribution >= 4 is 35.0 Å². The zero-order chi connectivity index (χ0) is 22.3. The van der Waals surface area contributed by atoms with Gasteiger partial charge >= 0.3 is 0 Å². The van der Waals surface area contributed by atoms with Crippen molar-refractivity contribution < 1.29 is 9.53 Å². The van der Waals surface area contributed by atoms with E-state index in [1.807, 2.05) is 54.6 Å². The highest BCUT2D eigenvalue weighted by molar-refractivity contribution is 6.30. The van der Waals surface area contributed by atoms with E-state index in [0.29, 0.717) is 17.4 Å². The molecule has 1 aliphatic heterocycles. The maximum absolute atomic E-state index is 12.4. The average Bonchev–Trinajstić information content (AvgIpc) is 2.80. The number of rotatable bonds is 7. The molecule has 1 aliphatic rings. The Morgan fingerprint density at radius 2 is 1.94 bits per heavy atom. The van der Waals surface area contributed by atoms with Crippen LogP contribution in [0, 0.1) is 0 Å². The largest absolute Gasteiger partial charge is 0.497 e. The molecule has 2 aromatic carbocycles. The zero-order valence-corrected chi connectivity index (χ0v) is 18.7. The molecule has 0 radical (unpaired) electrons. The Labute approximate surface area is 192 Å². The molecule has 7 nitrogen and oxygen atoms in total. The molecule has 8 heteroatoms. The smallest absolute Gasteiger partial charge is 0.227 e. The van der Waals surface area contributed by atoms with Gasteiger partial charge in [-0.25, -0.2) is 4.98 Å². The number of halogens is 1. The number of nitrogens with zero attached hydrogens (tertiary/aromatic N) is 3. The summed E-state index contributed by atoms with van der Waals surface area (Å²) >= 11 is 6.00. The molecule has 1 aromatic heterocycles. The van der Waals surface area contributed by atoms with Crippen molar-refractivity contribution in [2.24, 2.45) is 0 Å². The van der Waals surface area contributed by atoms with Crippen LogP contribution in [-0.4, -0.2) is 42.1 Å². The molecule has 0 atom stereocenters. The Morgan fingerprint density at radius 3 is 2.66 bits per heavy atom. The second-order valence-corrected chi connectivity index (χ2v) is 8.17. The van der Waals surface area contributed by atoms with E-state index in [1.165, 1.54) is 0 Å². The van der Waals surface area contributed by atoms with Crippen LogP contribution >= 0.6 is 11.6 Å². The molecule has 4 rings (SSSR count). The Bertz CT molecular complexity index is 1050. The number of hydrogen-bond donors (Lipinski definition) is 2. The van der Waals surface area contributed by atoms with Crippen LogP contribution in [0.2, 0.25) is 5.02 Å². The molecule has 1 fully saturated rings. The Hall–Kier alpha value is -3.32. The van der Waals surface area contributed by atoms with Crippen LogP contribution in [0.5, 0.6) is 5.75 Å². The number of benzene rings is 2. The number of piperidine rings is 1. The van der Waals surface area contributed by atoms with Crippen LogP contribution in [0.1, 0.15) is 18.4 Å². The average molecular weight is 452 g/mol. The van der Waals surface area contributed by atoms with Crippen molar-refractivity contribution in [3.63, 3.8) is 0 Å². The number of hydrogen-bond acceptors (Lipinski definition) is 6. The Balaban J connectivity index is 1.29. The van der Waals surface area contributed by atoms with Gasteiger partial charge in [-0.05, 0) is 60.9 Å². The van der Waals surface area contributed by atoms with E-state index in [0.717, 1.165) is 48.7 Å². The molecular formula is C24H26ClN5O2. The third-order valence-electron chi connectivity index (χ3n) is 5.40. The molecule has 0 unspecified atom stereocenters. The Morgan fingerprint density at radius 1 is 1.16 bits per heavy atom. The van der Waals surface area contributed by atoms with Crippen LogP contribution in [0.3, 0.4) is 0 Å². The molecule has 1 saturated heterocycles. The van der Waals surface area contributed by atoms with Crippen LogP contribution in [-0.2, 0) is 11.2 Å². The molecule has 1 amide bonds. The quantitative estimate of drug-likeness (QED) is 0.560. The maximum Gasteiger partial charge on any atom is 0.227 e. The van der Waals surface area contributed by atoms with Gasteiger partial charge in [0, 0.05) is 36.0 Å². The molecule has 3 aromatic rings. The third-order valence-corrected chi connectivity index (χ3v) is 5.64. The molecule has 0 spiro atoms. The number of ether oxygens (including phenoxy) is 1. The number of nitrogens with one attached hydrogen (secondary N) is 2. The fraction of sp³-hybridized carbons (Fsp3) is 0.292. The molecule has 2 heterocycles. The van der Waals surface area contributed by atoms with E-state index < -0.39 is 0 Å². The van der Waals surface area contributed by atoms with Gasteiger partial charge in [0.15, 0.2) is 0 Å². The number of aromatic nitrogens is 2. The van der Waals surface area contributed by atoms with Gasteiger partial charge in [-0.2, -0.15) is 4.98 Å². The van der Waals surface area contributed by atoms with Gasteiger partial charge in [0.1, 0.15) is 11.6 Å². The minimum atomic E-state index is 0.0210. The van der Waals surface area contributed by atoms with Crippen molar-refractivity contribution in [1.29, 1.82) is 0 Å². The molecule has 0 saturated carbocycles. The normalized spacial score (nSPS) is 14.1. The second kappa shape index (κ2) is 10.3. The van der Waals surface area contributed by atoms with Gasteiger partial charge < -0.3 is 20.3 Å². The lowest BCUT2D eigenvalue weighted by molar-refractivity contribution is -0.121. The van der Waals surface area contributed by atoms with Crippen molar-refractivity contribution in [2.75, 3.05) is 30.4 Å². The first kappa shape index (κ1) is 21.9. The molecule has 0 bridgehead atoms. The molecule has 2 N–H and O–H groups in total. The van der Waals surface area contributed by atoms with Crippen LogP contribution in [0.15, 0.2) is 60.8 Å². The number of anilines is 3. The molecule has 166 valence electrons. The summed E-state index contributed by atoms with van der Waals surface area (Å²) in [5, 5.41) is 7.08. The fourth-order valence-corrected chi connectivity index (χ4v) is 3.94. The number of methoxy groups -OCH3 is 1. The van der Waals surface area contributed by atoms with E-state index in [2.05, 4.69) is 25.5 Å². The molecule has 32 heavy (non-hydrogen) atoms. The number of carbonyl (C=O) groups is 1. The standard InChI is InChI=1S/C24H26ClN5O2/c1-32-21-7-5-19(6-8-21)27-22-9-12-26-24(29-22)30-13-10-20(11-14-30)28-23(31)16-17-3-2-4-18(25)15-17/h2-9,12,15,20H,10-11,13-14,16H2,1H3,(H,28,31)(H,26,27,29). The lowest BCUT2D eigenvalue weighted by Crippen LogP contribution is -2.45. The summed E-state index contributed by atoms with van der Waals surface area (Å²) in [6.45, 7) is 1.57. The first-order valence-corrected chi connectivity index (χ1v) is 11.0. The number of carbonyl (C=O) groups excluding carboxylic acids is 1. The van der Waals surface area contributed by atoms with Crippen molar-refractivity contribution in [1.82, 2.24) is 15.3 Å². The predicted molar refractivity (Wildman–Crippen MR) is 127 cm³/mol. The summed E-state index contributed by atoms with van der Waals surface area (Å²) in [5.74, 6) is 2.25. The van der Waals surface area contributed by atoms with E-state index >= 15 is 0 Å². The second-order valence-electron chi connectivity index (χ2n) is 7.73. The summed E-state index contributed by atoms with van der Waals surface area (Å²) in [5.41, 5.74) is 1.85. The topological polar surface area (TPSA) is 79.4 Å². The van der Waals surface area contributed by atoms with E-state index in [4.69, 9.17) is 16.3 Å². The zero-order valence-electron chi connectivity index (χ0n) is 17.9. The maximum atomic E-state index is 12.4. The van der Waals surface area contributed by atoms with Gasteiger partial charge in [0.2, 0.25) is 11.9 Å². The van der Waals surface area contributed by atoms with Gasteiger partial charge in [0.05, 0.1) is 13.5 Å². The van der Waals surface area contributed by atoms with E-state index in [9.17, 15) is 4.79 Å². The Kier molecular flexibility index (Phi) is 7.07. The lowest BCUT2D eigenvalue weighted by atomic mass is 10.0. The van der Waals surface area contributed by atoms with Gasteiger partial charge in [-0.3, -0.25) is 4.79 Å². The summed E-state index contributed by atoms with van der Waals surface area (Å²) < 4.78 is 5.19. The first-order chi connectivity index (χ1) is 15.6. The van der Waals surface area contributed by atoms with Crippen molar-refractivity contribution in [3.05, 3.63) is 71.4 Å². The van der Waals surface area contributed by atoms with Crippen molar-refractivity contribution in [2.45, 2.75) is 25.3 Å². The minimum absolute atomic E-state index is 0.0210. The highest BCUT2D eigenvalue weighted by Gasteiger charge is 2.22. The fourth-order valence-electron chi connectivity index (χ4n) is 3.73. The number of amides is 1.